The molecular formula is C14H18N6O. The maximum Gasteiger partial charge on any atom is 0.198 e. The van der Waals surface area contributed by atoms with E-state index < -0.39 is 0 Å². The number of aromatic nitrogens is 2. The van der Waals surface area contributed by atoms with Crippen LogP contribution in [0.5, 0.6) is 0 Å². The molecule has 0 bridgehead atoms. The molecule has 0 saturated heterocycles. The molecule has 7 heteroatoms. The molecule has 0 radical (unpaired) electrons. The first-order valence-corrected chi connectivity index (χ1v) is 6.43. The Bertz CT molecular complexity index is 777. The lowest BCUT2D eigenvalue weighted by Crippen LogP contribution is -2.29. The molecule has 0 aliphatic heterocycles. The third-order valence-corrected chi connectivity index (χ3v) is 2.85. The Morgan fingerprint density at radius 3 is 2.95 bits per heavy atom. The molecular weight excluding hydrogens is 268 g/mol. The third-order valence-electron chi connectivity index (χ3n) is 2.85. The van der Waals surface area contributed by atoms with Crippen molar-refractivity contribution in [3.05, 3.63) is 34.7 Å². The quantitative estimate of drug-likeness (QED) is 0.594. The second kappa shape index (κ2) is 6.56. The fourth-order valence-electron chi connectivity index (χ4n) is 1.95. The van der Waals surface area contributed by atoms with Gasteiger partial charge in [0.2, 0.25) is 0 Å². The molecule has 0 saturated carbocycles. The summed E-state index contributed by atoms with van der Waals surface area (Å²) in [7, 11) is 1.73. The van der Waals surface area contributed by atoms with Gasteiger partial charge in [-0.05, 0) is 24.3 Å². The summed E-state index contributed by atoms with van der Waals surface area (Å²) in [5.41, 5.74) is 10.6. The zero-order valence-corrected chi connectivity index (χ0v) is 12.0. The van der Waals surface area contributed by atoms with Gasteiger partial charge in [-0.25, -0.2) is 0 Å². The van der Waals surface area contributed by atoms with Gasteiger partial charge in [0.15, 0.2) is 17.5 Å². The number of nitrogens with zero attached hydrogens (tertiary/aromatic N) is 4. The first-order valence-electron chi connectivity index (χ1n) is 6.43. The van der Waals surface area contributed by atoms with E-state index in [4.69, 9.17) is 16.0 Å². The van der Waals surface area contributed by atoms with Crippen molar-refractivity contribution in [1.82, 2.24) is 9.72 Å². The van der Waals surface area contributed by atoms with Gasteiger partial charge in [-0.15, -0.1) is 0 Å². The Balaban J connectivity index is 2.34. The van der Waals surface area contributed by atoms with Crippen molar-refractivity contribution in [2.75, 3.05) is 7.05 Å². The molecule has 4 N–H and O–H groups in total. The van der Waals surface area contributed by atoms with Crippen LogP contribution in [0.25, 0.3) is 12.2 Å². The van der Waals surface area contributed by atoms with Crippen LogP contribution in [-0.4, -0.2) is 28.9 Å². The van der Waals surface area contributed by atoms with Crippen molar-refractivity contribution in [2.24, 2.45) is 21.5 Å². The van der Waals surface area contributed by atoms with Crippen molar-refractivity contribution >= 4 is 30.1 Å². The van der Waals surface area contributed by atoms with Crippen molar-refractivity contribution in [1.29, 1.82) is 0 Å². The second-order valence-corrected chi connectivity index (χ2v) is 4.33. The molecule has 0 atom stereocenters. The first kappa shape index (κ1) is 14.6. The topological polar surface area (TPSA) is 108 Å². The maximum atomic E-state index is 5.30. The Morgan fingerprint density at radius 1 is 1.48 bits per heavy atom. The Labute approximate surface area is 122 Å². The summed E-state index contributed by atoms with van der Waals surface area (Å²) < 4.78 is 7.26. The molecule has 0 spiro atoms. The van der Waals surface area contributed by atoms with Gasteiger partial charge in [-0.1, -0.05) is 11.2 Å². The predicted molar refractivity (Wildman–Crippen MR) is 83.8 cm³/mol. The fourth-order valence-corrected chi connectivity index (χ4v) is 1.95. The van der Waals surface area contributed by atoms with Crippen LogP contribution in [0.15, 0.2) is 32.8 Å². The summed E-state index contributed by atoms with van der Waals surface area (Å²) >= 11 is 0. The van der Waals surface area contributed by atoms with Crippen molar-refractivity contribution in [3.63, 3.8) is 0 Å². The van der Waals surface area contributed by atoms with E-state index in [9.17, 15) is 0 Å². The highest BCUT2D eigenvalue weighted by Gasteiger charge is 2.05. The van der Waals surface area contributed by atoms with Crippen molar-refractivity contribution in [2.45, 2.75) is 13.5 Å². The first-order chi connectivity index (χ1) is 10.1. The number of hydrogen-bond acceptors (Lipinski definition) is 4. The fraction of sp³-hybridized carbons (Fsp3) is 0.214. The standard InChI is InChI=1S/C14H18N6O/c1-3-10-5-7-20(12(10)4-6-17-2)9-11-8-13(19-21-11)18-14(15)16/h3-8H,9H2,1-2H3,(H4,15,16,18,19)/b10-3-,12-4+,17-6?. The molecule has 0 unspecified atom stereocenters. The molecule has 7 nitrogen and oxygen atoms in total. The number of nitrogens with two attached hydrogens (primary N) is 2. The molecule has 0 aromatic carbocycles. The molecule has 2 aromatic rings. The molecule has 2 heterocycles. The number of aliphatic imine (C=N–C) groups is 2. The zero-order valence-electron chi connectivity index (χ0n) is 12.0. The largest absolute Gasteiger partial charge is 0.370 e. The molecule has 2 aromatic heterocycles. The van der Waals surface area contributed by atoms with E-state index in [0.717, 1.165) is 10.6 Å². The van der Waals surface area contributed by atoms with Crippen LogP contribution >= 0.6 is 0 Å². The van der Waals surface area contributed by atoms with Crippen LogP contribution in [0, 0.1) is 0 Å². The van der Waals surface area contributed by atoms with Crippen LogP contribution in [0.4, 0.5) is 5.82 Å². The van der Waals surface area contributed by atoms with Crippen LogP contribution in [0.3, 0.4) is 0 Å². The van der Waals surface area contributed by atoms with Gasteiger partial charge in [0, 0.05) is 30.9 Å². The van der Waals surface area contributed by atoms with E-state index in [1.54, 1.807) is 19.3 Å². The maximum absolute atomic E-state index is 5.30. The van der Waals surface area contributed by atoms with Gasteiger partial charge in [-0.3, -0.25) is 4.99 Å². The smallest absolute Gasteiger partial charge is 0.198 e. The summed E-state index contributed by atoms with van der Waals surface area (Å²) in [6, 6.07) is 3.73. The molecule has 0 amide bonds. The molecule has 0 fully saturated rings. The lowest BCUT2D eigenvalue weighted by atomic mass is 10.3. The minimum Gasteiger partial charge on any atom is -0.370 e. The molecule has 2 rings (SSSR count). The number of rotatable bonds is 4. The Hall–Kier alpha value is -2.83. The lowest BCUT2D eigenvalue weighted by Gasteiger charge is -1.99. The second-order valence-electron chi connectivity index (χ2n) is 4.33. The minimum atomic E-state index is -0.0492. The van der Waals surface area contributed by atoms with Crippen molar-refractivity contribution in [3.8, 4) is 0 Å². The van der Waals surface area contributed by atoms with Crippen molar-refractivity contribution < 1.29 is 4.52 Å². The number of guanidine groups is 1. The predicted octanol–water partition coefficient (Wildman–Crippen LogP) is -0.289. The van der Waals surface area contributed by atoms with Crippen LogP contribution < -0.4 is 22.0 Å². The summed E-state index contributed by atoms with van der Waals surface area (Å²) in [5, 5.41) is 5.96. The van der Waals surface area contributed by atoms with E-state index >= 15 is 0 Å². The van der Waals surface area contributed by atoms with Gasteiger partial charge in [0.1, 0.15) is 0 Å². The minimum absolute atomic E-state index is 0.0492. The summed E-state index contributed by atoms with van der Waals surface area (Å²) in [4.78, 5) is 7.82. The van der Waals surface area contributed by atoms with Gasteiger partial charge in [0.05, 0.1) is 6.54 Å². The average molecular weight is 286 g/mol. The summed E-state index contributed by atoms with van der Waals surface area (Å²) in [5.74, 6) is 0.975. The van der Waals surface area contributed by atoms with Crippen LogP contribution in [0.1, 0.15) is 12.7 Å². The SMILES string of the molecule is C/C=c1/ccn(Cc2cc(N=C(N)N)no2)/c1=C/C=NC. The van der Waals surface area contributed by atoms with Gasteiger partial charge in [0.25, 0.3) is 0 Å². The normalized spacial score (nSPS) is 13.2. The molecule has 0 aliphatic carbocycles. The van der Waals surface area contributed by atoms with E-state index in [1.165, 1.54) is 0 Å². The van der Waals surface area contributed by atoms with Gasteiger partial charge in [-0.2, -0.15) is 4.99 Å². The summed E-state index contributed by atoms with van der Waals surface area (Å²) in [6.45, 7) is 2.52. The van der Waals surface area contributed by atoms with E-state index in [-0.39, 0.29) is 5.96 Å². The average Bonchev–Trinajstić information content (AvgIpc) is 3.03. The lowest BCUT2D eigenvalue weighted by molar-refractivity contribution is 0.377. The Morgan fingerprint density at radius 2 is 2.29 bits per heavy atom. The summed E-state index contributed by atoms with van der Waals surface area (Å²) in [6.07, 6.45) is 7.72. The molecule has 21 heavy (non-hydrogen) atoms. The third kappa shape index (κ3) is 3.59. The highest BCUT2D eigenvalue weighted by Crippen LogP contribution is 2.12. The van der Waals surface area contributed by atoms with Crippen LogP contribution in [0.2, 0.25) is 0 Å². The highest BCUT2D eigenvalue weighted by atomic mass is 16.5. The monoisotopic (exact) mass is 286 g/mol. The molecule has 0 aliphatic rings. The van der Waals surface area contributed by atoms with E-state index in [1.807, 2.05) is 35.9 Å². The van der Waals surface area contributed by atoms with Gasteiger partial charge < -0.3 is 20.6 Å². The Kier molecular flexibility index (Phi) is 4.55. The van der Waals surface area contributed by atoms with Crippen LogP contribution in [-0.2, 0) is 6.54 Å². The van der Waals surface area contributed by atoms with E-state index in [0.29, 0.717) is 18.1 Å². The van der Waals surface area contributed by atoms with Gasteiger partial charge >= 0.3 is 0 Å². The van der Waals surface area contributed by atoms with E-state index in [2.05, 4.69) is 15.1 Å². The number of hydrogen-bond donors (Lipinski definition) is 2. The zero-order chi connectivity index (χ0) is 15.2. The highest BCUT2D eigenvalue weighted by molar-refractivity contribution is 5.90. The molecule has 110 valence electrons.